The molecule has 0 radical (unpaired) electrons. The summed E-state index contributed by atoms with van der Waals surface area (Å²) in [5.74, 6) is -0.957. The third-order valence-electron chi connectivity index (χ3n) is 5.07. The predicted octanol–water partition coefficient (Wildman–Crippen LogP) is 1.44. The summed E-state index contributed by atoms with van der Waals surface area (Å²) in [6.07, 6.45) is 0. The molecule has 2 aromatic carbocycles. The maximum atomic E-state index is 13.1. The second-order valence-electron chi connectivity index (χ2n) is 7.16. The van der Waals surface area contributed by atoms with E-state index in [1.165, 1.54) is 24.1 Å². The topological polar surface area (TPSA) is 87.2 Å². The van der Waals surface area contributed by atoms with Crippen LogP contribution in [0.2, 0.25) is 0 Å². The molecule has 2 aromatic rings. The largest absolute Gasteiger partial charge is 0.468 e. The van der Waals surface area contributed by atoms with Crippen LogP contribution >= 0.6 is 0 Å². The predicted molar refractivity (Wildman–Crippen MR) is 113 cm³/mol. The van der Waals surface area contributed by atoms with E-state index in [-0.39, 0.29) is 30.4 Å². The van der Waals surface area contributed by atoms with Gasteiger partial charge in [0.05, 0.1) is 12.0 Å². The summed E-state index contributed by atoms with van der Waals surface area (Å²) in [6.45, 7) is 0.0966. The smallest absolute Gasteiger partial charge is 0.326 e. The number of hydrogen-bond acceptors (Lipinski definition) is 6. The van der Waals surface area contributed by atoms with Crippen LogP contribution < -0.4 is 4.90 Å². The lowest BCUT2D eigenvalue weighted by molar-refractivity contribution is -0.146. The molecule has 0 aliphatic carbocycles. The van der Waals surface area contributed by atoms with Gasteiger partial charge >= 0.3 is 5.97 Å². The summed E-state index contributed by atoms with van der Waals surface area (Å²) in [6, 6.07) is 13.9. The van der Waals surface area contributed by atoms with Crippen LogP contribution in [0.15, 0.2) is 59.5 Å². The number of hydrogen-bond donors (Lipinski definition) is 0. The molecule has 1 atom stereocenters. The van der Waals surface area contributed by atoms with Gasteiger partial charge in [-0.25, -0.2) is 8.42 Å². The Kier molecular flexibility index (Phi) is 6.42. The van der Waals surface area contributed by atoms with Gasteiger partial charge in [-0.3, -0.25) is 9.59 Å². The van der Waals surface area contributed by atoms with Gasteiger partial charge in [0.15, 0.2) is 0 Å². The Labute approximate surface area is 176 Å². The highest BCUT2D eigenvalue weighted by Crippen LogP contribution is 2.23. The van der Waals surface area contributed by atoms with Crippen LogP contribution in [0.4, 0.5) is 5.69 Å². The summed E-state index contributed by atoms with van der Waals surface area (Å²) in [5, 5.41) is 0. The zero-order valence-corrected chi connectivity index (χ0v) is 18.0. The van der Waals surface area contributed by atoms with Gasteiger partial charge in [0.2, 0.25) is 10.0 Å². The van der Waals surface area contributed by atoms with Crippen molar-refractivity contribution < 1.29 is 22.7 Å². The van der Waals surface area contributed by atoms with Crippen molar-refractivity contribution in [2.45, 2.75) is 10.9 Å². The van der Waals surface area contributed by atoms with Gasteiger partial charge < -0.3 is 14.5 Å². The molecule has 1 fully saturated rings. The van der Waals surface area contributed by atoms with Crippen molar-refractivity contribution in [2.24, 2.45) is 0 Å². The molecule has 30 heavy (non-hydrogen) atoms. The zero-order valence-electron chi connectivity index (χ0n) is 17.2. The molecule has 160 valence electrons. The summed E-state index contributed by atoms with van der Waals surface area (Å²) < 4.78 is 32.1. The molecule has 9 heteroatoms. The summed E-state index contributed by atoms with van der Waals surface area (Å²) in [5.41, 5.74) is 1.43. The number of esters is 1. The monoisotopic (exact) mass is 431 g/mol. The normalized spacial score (nSPS) is 17.4. The van der Waals surface area contributed by atoms with Crippen LogP contribution in [0.3, 0.4) is 0 Å². The van der Waals surface area contributed by atoms with Crippen molar-refractivity contribution in [3.63, 3.8) is 0 Å². The Morgan fingerprint density at radius 2 is 1.63 bits per heavy atom. The first kappa shape index (κ1) is 21.8. The molecule has 3 rings (SSSR count). The SMILES string of the molecule is COC(=O)C1CN(C(=O)c2ccc(N(C)C)cc2)CCN1S(=O)(=O)c1ccccc1. The van der Waals surface area contributed by atoms with Crippen LogP contribution in [0.1, 0.15) is 10.4 Å². The number of rotatable bonds is 5. The molecular weight excluding hydrogens is 406 g/mol. The number of sulfonamides is 1. The maximum absolute atomic E-state index is 13.1. The van der Waals surface area contributed by atoms with Crippen molar-refractivity contribution in [1.82, 2.24) is 9.21 Å². The molecule has 0 spiro atoms. The second-order valence-corrected chi connectivity index (χ2v) is 9.05. The summed E-state index contributed by atoms with van der Waals surface area (Å²) >= 11 is 0. The number of benzene rings is 2. The molecule has 0 N–H and O–H groups in total. The van der Waals surface area contributed by atoms with Gasteiger partial charge in [-0.2, -0.15) is 4.31 Å². The number of amides is 1. The fourth-order valence-electron chi connectivity index (χ4n) is 3.38. The van der Waals surface area contributed by atoms with Gasteiger partial charge in [-0.05, 0) is 36.4 Å². The quantitative estimate of drug-likeness (QED) is 0.666. The second kappa shape index (κ2) is 8.85. The van der Waals surface area contributed by atoms with E-state index in [2.05, 4.69) is 0 Å². The molecule has 1 aliphatic heterocycles. The number of anilines is 1. The van der Waals surface area contributed by atoms with Crippen LogP contribution in [-0.4, -0.2) is 76.4 Å². The molecule has 1 saturated heterocycles. The van der Waals surface area contributed by atoms with E-state index in [9.17, 15) is 18.0 Å². The van der Waals surface area contributed by atoms with Gasteiger partial charge in [0.25, 0.3) is 5.91 Å². The van der Waals surface area contributed by atoms with E-state index in [1.807, 2.05) is 31.1 Å². The minimum atomic E-state index is -3.91. The highest BCUT2D eigenvalue weighted by molar-refractivity contribution is 7.89. The fraction of sp³-hybridized carbons (Fsp3) is 0.333. The van der Waals surface area contributed by atoms with Crippen molar-refractivity contribution in [3.8, 4) is 0 Å². The van der Waals surface area contributed by atoms with Gasteiger partial charge in [-0.1, -0.05) is 18.2 Å². The van der Waals surface area contributed by atoms with Gasteiger partial charge in [0.1, 0.15) is 6.04 Å². The lowest BCUT2D eigenvalue weighted by Gasteiger charge is -2.39. The molecule has 0 bridgehead atoms. The number of carbonyl (C=O) groups is 2. The minimum Gasteiger partial charge on any atom is -0.468 e. The van der Waals surface area contributed by atoms with E-state index < -0.39 is 22.0 Å². The van der Waals surface area contributed by atoms with Gasteiger partial charge in [0, 0.05) is 45.0 Å². The van der Waals surface area contributed by atoms with E-state index >= 15 is 0 Å². The number of carbonyl (C=O) groups excluding carboxylic acids is 2. The van der Waals surface area contributed by atoms with Crippen molar-refractivity contribution in [3.05, 3.63) is 60.2 Å². The Morgan fingerprint density at radius 3 is 2.20 bits per heavy atom. The lowest BCUT2D eigenvalue weighted by atomic mass is 10.1. The first-order valence-electron chi connectivity index (χ1n) is 9.47. The molecule has 1 aliphatic rings. The number of piperazine rings is 1. The average Bonchev–Trinajstić information content (AvgIpc) is 2.78. The van der Waals surface area contributed by atoms with Crippen molar-refractivity contribution in [2.75, 3.05) is 45.7 Å². The van der Waals surface area contributed by atoms with Crippen molar-refractivity contribution in [1.29, 1.82) is 0 Å². The Bertz CT molecular complexity index is 1010. The van der Waals surface area contributed by atoms with Crippen molar-refractivity contribution >= 4 is 27.6 Å². The number of methoxy groups -OCH3 is 1. The first-order chi connectivity index (χ1) is 14.3. The van der Waals surface area contributed by atoms with E-state index in [0.717, 1.165) is 9.99 Å². The van der Waals surface area contributed by atoms with E-state index in [1.54, 1.807) is 30.3 Å². The standard InChI is InChI=1S/C21H25N3O5S/c1-22(2)17-11-9-16(10-12-17)20(25)23-13-14-24(19(15-23)21(26)29-3)30(27,28)18-7-5-4-6-8-18/h4-12,19H,13-15H2,1-3H3. The Hall–Kier alpha value is -2.91. The maximum Gasteiger partial charge on any atom is 0.326 e. The zero-order chi connectivity index (χ0) is 21.9. The molecule has 0 saturated carbocycles. The minimum absolute atomic E-state index is 0.00147. The van der Waals surface area contributed by atoms with Crippen LogP contribution in [-0.2, 0) is 19.6 Å². The highest BCUT2D eigenvalue weighted by Gasteiger charge is 2.42. The third-order valence-corrected chi connectivity index (χ3v) is 6.99. The van der Waals surface area contributed by atoms with E-state index in [4.69, 9.17) is 4.74 Å². The Morgan fingerprint density at radius 1 is 1.00 bits per heavy atom. The fourth-order valence-corrected chi connectivity index (χ4v) is 4.96. The number of nitrogens with zero attached hydrogens (tertiary/aromatic N) is 3. The average molecular weight is 432 g/mol. The molecule has 1 amide bonds. The van der Waals surface area contributed by atoms with E-state index in [0.29, 0.717) is 5.56 Å². The number of ether oxygens (including phenoxy) is 1. The summed E-state index contributed by atoms with van der Waals surface area (Å²) in [4.78, 5) is 28.9. The lowest BCUT2D eigenvalue weighted by Crippen LogP contribution is -2.59. The molecule has 8 nitrogen and oxygen atoms in total. The highest BCUT2D eigenvalue weighted by atomic mass is 32.2. The van der Waals surface area contributed by atoms with Crippen LogP contribution in [0.5, 0.6) is 0 Å². The van der Waals surface area contributed by atoms with Gasteiger partial charge in [-0.15, -0.1) is 0 Å². The molecule has 0 aromatic heterocycles. The third kappa shape index (κ3) is 4.31. The summed E-state index contributed by atoms with van der Waals surface area (Å²) in [7, 11) is 1.11. The first-order valence-corrected chi connectivity index (χ1v) is 10.9. The Balaban J connectivity index is 1.84. The molecular formula is C21H25N3O5S. The molecule has 1 unspecified atom stereocenters. The van der Waals surface area contributed by atoms with Crippen LogP contribution in [0.25, 0.3) is 0 Å². The van der Waals surface area contributed by atoms with Crippen LogP contribution in [0, 0.1) is 0 Å². The molecule has 1 heterocycles.